The van der Waals surface area contributed by atoms with E-state index in [0.29, 0.717) is 4.88 Å². The largest absolute Gasteiger partial charge is 0.465 e. The van der Waals surface area contributed by atoms with Crippen LogP contribution < -0.4 is 5.32 Å². The molecule has 0 unspecified atom stereocenters. The maximum absolute atomic E-state index is 11.2. The van der Waals surface area contributed by atoms with Crippen molar-refractivity contribution in [1.29, 1.82) is 0 Å². The van der Waals surface area contributed by atoms with E-state index in [9.17, 15) is 4.79 Å². The maximum Gasteiger partial charge on any atom is 0.349 e. The van der Waals surface area contributed by atoms with Crippen molar-refractivity contribution in [2.45, 2.75) is 25.7 Å². The molecule has 88 valence electrons. The fraction of sp³-hybridized carbons (Fsp3) is 0.636. The van der Waals surface area contributed by atoms with Crippen LogP contribution in [-0.2, 0) is 4.74 Å². The van der Waals surface area contributed by atoms with Gasteiger partial charge in [-0.2, -0.15) is 0 Å². The number of nitrogens with one attached hydrogen (secondary N) is 1. The number of thiazole rings is 1. The summed E-state index contributed by atoms with van der Waals surface area (Å²) >= 11 is 1.34. The number of rotatable bonds is 6. The summed E-state index contributed by atoms with van der Waals surface area (Å²) in [5.74, 6) is 0.659. The van der Waals surface area contributed by atoms with Crippen molar-refractivity contribution in [3.63, 3.8) is 0 Å². The number of carbonyl (C=O) groups is 1. The normalized spacial score (nSPS) is 14.8. The number of ether oxygens (including phenoxy) is 1. The molecule has 1 saturated carbocycles. The molecule has 0 bridgehead atoms. The second kappa shape index (κ2) is 5.30. The van der Waals surface area contributed by atoms with Gasteiger partial charge in [0.25, 0.3) is 0 Å². The molecule has 1 aliphatic carbocycles. The van der Waals surface area contributed by atoms with E-state index in [-0.39, 0.29) is 5.97 Å². The fourth-order valence-electron chi connectivity index (χ4n) is 1.54. The van der Waals surface area contributed by atoms with Crippen molar-refractivity contribution in [2.24, 2.45) is 5.92 Å². The van der Waals surface area contributed by atoms with Gasteiger partial charge in [0.05, 0.1) is 13.3 Å². The number of hydrogen-bond donors (Lipinski definition) is 1. The second-order valence-corrected chi connectivity index (χ2v) is 5.06. The van der Waals surface area contributed by atoms with Crippen LogP contribution >= 0.6 is 11.3 Å². The van der Waals surface area contributed by atoms with Gasteiger partial charge >= 0.3 is 5.97 Å². The highest BCUT2D eigenvalue weighted by molar-refractivity contribution is 7.17. The number of aromatic nitrogens is 1. The van der Waals surface area contributed by atoms with E-state index >= 15 is 0 Å². The molecule has 16 heavy (non-hydrogen) atoms. The average Bonchev–Trinajstić information content (AvgIpc) is 3.01. The molecule has 0 atom stereocenters. The van der Waals surface area contributed by atoms with Crippen molar-refractivity contribution in [3.05, 3.63) is 11.1 Å². The third kappa shape index (κ3) is 3.20. The summed E-state index contributed by atoms with van der Waals surface area (Å²) in [5.41, 5.74) is 0. The van der Waals surface area contributed by atoms with Crippen LogP contribution in [0.2, 0.25) is 0 Å². The average molecular weight is 240 g/mol. The van der Waals surface area contributed by atoms with E-state index in [1.54, 1.807) is 6.20 Å². The van der Waals surface area contributed by atoms with Crippen molar-refractivity contribution in [2.75, 3.05) is 19.0 Å². The summed E-state index contributed by atoms with van der Waals surface area (Å²) < 4.78 is 4.62. The highest BCUT2D eigenvalue weighted by atomic mass is 32.1. The smallest absolute Gasteiger partial charge is 0.349 e. The summed E-state index contributed by atoms with van der Waals surface area (Å²) in [6.45, 7) is 0.935. The minimum atomic E-state index is -0.316. The lowest BCUT2D eigenvalue weighted by molar-refractivity contribution is 0.0606. The van der Waals surface area contributed by atoms with Crippen LogP contribution in [0.1, 0.15) is 35.4 Å². The molecule has 0 radical (unpaired) electrons. The lowest BCUT2D eigenvalue weighted by Crippen LogP contribution is -2.00. The molecule has 0 aliphatic heterocycles. The van der Waals surface area contributed by atoms with Crippen LogP contribution in [0.25, 0.3) is 0 Å². The van der Waals surface area contributed by atoms with Crippen molar-refractivity contribution in [3.8, 4) is 0 Å². The molecular weight excluding hydrogens is 224 g/mol. The Labute approximate surface area is 99.0 Å². The first-order valence-electron chi connectivity index (χ1n) is 5.57. The Morgan fingerprint density at radius 2 is 2.50 bits per heavy atom. The molecule has 1 heterocycles. The van der Waals surface area contributed by atoms with Gasteiger partial charge in [0.15, 0.2) is 5.13 Å². The summed E-state index contributed by atoms with van der Waals surface area (Å²) in [5, 5.41) is 4.03. The third-order valence-electron chi connectivity index (χ3n) is 2.65. The summed E-state index contributed by atoms with van der Waals surface area (Å²) in [6.07, 6.45) is 6.85. The van der Waals surface area contributed by atoms with Gasteiger partial charge in [-0.1, -0.05) is 24.2 Å². The SMILES string of the molecule is COC(=O)c1cnc(NCCCC2CC2)s1. The molecule has 1 aromatic heterocycles. The van der Waals surface area contributed by atoms with Gasteiger partial charge in [0, 0.05) is 6.54 Å². The first-order chi connectivity index (χ1) is 7.79. The Hall–Kier alpha value is -1.10. The van der Waals surface area contributed by atoms with Gasteiger partial charge < -0.3 is 10.1 Å². The van der Waals surface area contributed by atoms with E-state index in [1.807, 2.05) is 0 Å². The molecule has 0 amide bonds. The highest BCUT2D eigenvalue weighted by Gasteiger charge is 2.20. The van der Waals surface area contributed by atoms with Crippen LogP contribution in [0.3, 0.4) is 0 Å². The molecule has 1 aliphatic rings. The molecule has 5 heteroatoms. The first-order valence-corrected chi connectivity index (χ1v) is 6.39. The molecule has 1 aromatic rings. The van der Waals surface area contributed by atoms with Gasteiger partial charge in [-0.25, -0.2) is 9.78 Å². The van der Waals surface area contributed by atoms with Crippen LogP contribution in [0.4, 0.5) is 5.13 Å². The van der Waals surface area contributed by atoms with Crippen molar-refractivity contribution in [1.82, 2.24) is 4.98 Å². The minimum Gasteiger partial charge on any atom is -0.465 e. The highest BCUT2D eigenvalue weighted by Crippen LogP contribution is 2.33. The number of esters is 1. The Bertz CT molecular complexity index is 361. The number of carbonyl (C=O) groups excluding carboxylic acids is 1. The second-order valence-electron chi connectivity index (χ2n) is 4.03. The molecule has 0 aromatic carbocycles. The molecule has 4 nitrogen and oxygen atoms in total. The van der Waals surface area contributed by atoms with Crippen LogP contribution in [0.15, 0.2) is 6.20 Å². The molecule has 0 saturated heterocycles. The monoisotopic (exact) mass is 240 g/mol. The Kier molecular flexibility index (Phi) is 3.77. The molecule has 0 spiro atoms. The quantitative estimate of drug-likeness (QED) is 0.613. The summed E-state index contributed by atoms with van der Waals surface area (Å²) in [7, 11) is 1.38. The predicted octanol–water partition coefficient (Wildman–Crippen LogP) is 2.53. The third-order valence-corrected chi connectivity index (χ3v) is 3.59. The molecule has 1 N–H and O–H groups in total. The van der Waals surface area contributed by atoms with Crippen molar-refractivity contribution < 1.29 is 9.53 Å². The number of methoxy groups -OCH3 is 1. The van der Waals surface area contributed by atoms with Gasteiger partial charge in [0.2, 0.25) is 0 Å². The van der Waals surface area contributed by atoms with Gasteiger partial charge in [-0.15, -0.1) is 0 Å². The lowest BCUT2D eigenvalue weighted by Gasteiger charge is -2.00. The van der Waals surface area contributed by atoms with Gasteiger partial charge in [-0.3, -0.25) is 0 Å². The fourth-order valence-corrected chi connectivity index (χ4v) is 2.30. The van der Waals surface area contributed by atoms with Gasteiger partial charge in [0.1, 0.15) is 4.88 Å². The zero-order valence-electron chi connectivity index (χ0n) is 9.36. The first kappa shape index (κ1) is 11.4. The standard InChI is InChI=1S/C11H16N2O2S/c1-15-10(14)9-7-13-11(16-9)12-6-2-3-8-4-5-8/h7-8H,2-6H2,1H3,(H,12,13). The Morgan fingerprint density at radius 3 is 3.19 bits per heavy atom. The topological polar surface area (TPSA) is 51.2 Å². The van der Waals surface area contributed by atoms with E-state index in [0.717, 1.165) is 17.6 Å². The predicted molar refractivity (Wildman–Crippen MR) is 63.9 cm³/mol. The maximum atomic E-state index is 11.2. The summed E-state index contributed by atoms with van der Waals surface area (Å²) in [4.78, 5) is 15.8. The zero-order valence-corrected chi connectivity index (χ0v) is 10.2. The van der Waals surface area contributed by atoms with Crippen LogP contribution in [0.5, 0.6) is 0 Å². The summed E-state index contributed by atoms with van der Waals surface area (Å²) in [6, 6.07) is 0. The van der Waals surface area contributed by atoms with E-state index in [4.69, 9.17) is 0 Å². The molecular formula is C11H16N2O2S. The van der Waals surface area contributed by atoms with E-state index < -0.39 is 0 Å². The Balaban J connectivity index is 1.71. The molecule has 2 rings (SSSR count). The van der Waals surface area contributed by atoms with E-state index in [2.05, 4.69) is 15.0 Å². The number of nitrogens with zero attached hydrogens (tertiary/aromatic N) is 1. The van der Waals surface area contributed by atoms with Crippen LogP contribution in [0, 0.1) is 5.92 Å². The van der Waals surface area contributed by atoms with Gasteiger partial charge in [-0.05, 0) is 18.8 Å². The zero-order chi connectivity index (χ0) is 11.4. The number of hydrogen-bond acceptors (Lipinski definition) is 5. The minimum absolute atomic E-state index is 0.316. The van der Waals surface area contributed by atoms with E-state index in [1.165, 1.54) is 44.1 Å². The number of anilines is 1. The Morgan fingerprint density at radius 1 is 1.69 bits per heavy atom. The van der Waals surface area contributed by atoms with Crippen LogP contribution in [-0.4, -0.2) is 24.6 Å². The lowest BCUT2D eigenvalue weighted by atomic mass is 10.2. The van der Waals surface area contributed by atoms with Crippen molar-refractivity contribution >= 4 is 22.4 Å². The molecule has 1 fully saturated rings.